The molecular weight excluding hydrogens is 457 g/mol. The fourth-order valence-corrected chi connectivity index (χ4v) is 4.79. The van der Waals surface area contributed by atoms with Gasteiger partial charge in [-0.2, -0.15) is 13.2 Å². The van der Waals surface area contributed by atoms with Gasteiger partial charge in [-0.1, -0.05) is 6.07 Å². The van der Waals surface area contributed by atoms with E-state index in [1.165, 1.54) is 10.5 Å². The number of rotatable bonds is 8. The van der Waals surface area contributed by atoms with Crippen molar-refractivity contribution in [2.45, 2.75) is 36.4 Å². The maximum atomic E-state index is 12.9. The minimum absolute atomic E-state index is 0.0206. The number of carbonyl (C=O) groups is 1. The van der Waals surface area contributed by atoms with Crippen LogP contribution in [0.3, 0.4) is 0 Å². The normalized spacial score (nSPS) is 16.0. The number of hydrogen-bond acceptors (Lipinski definition) is 5. The zero-order chi connectivity index (χ0) is 24.1. The molecule has 1 aliphatic rings. The van der Waals surface area contributed by atoms with Crippen molar-refractivity contribution in [3.63, 3.8) is 0 Å². The van der Waals surface area contributed by atoms with E-state index in [-0.39, 0.29) is 6.04 Å². The van der Waals surface area contributed by atoms with Crippen LogP contribution in [0.1, 0.15) is 24.0 Å². The number of piperidine rings is 1. The number of halogens is 3. The van der Waals surface area contributed by atoms with E-state index in [0.717, 1.165) is 57.1 Å². The zero-order valence-electron chi connectivity index (χ0n) is 18.3. The van der Waals surface area contributed by atoms with Crippen LogP contribution in [-0.2, 0) is 27.4 Å². The molecule has 0 bridgehead atoms. The largest absolute Gasteiger partial charge is 0.416 e. The van der Waals surface area contributed by atoms with Gasteiger partial charge in [0.25, 0.3) is 0 Å². The Morgan fingerprint density at radius 2 is 1.85 bits per heavy atom. The van der Waals surface area contributed by atoms with E-state index in [4.69, 9.17) is 0 Å². The second-order valence-electron chi connectivity index (χ2n) is 8.03. The third-order valence-electron chi connectivity index (χ3n) is 5.85. The highest BCUT2D eigenvalue weighted by atomic mass is 32.2. The Balaban J connectivity index is 1.48. The summed E-state index contributed by atoms with van der Waals surface area (Å²) in [5, 5.41) is 0. The smallest absolute Gasteiger partial charge is 0.342 e. The molecule has 0 unspecified atom stereocenters. The van der Waals surface area contributed by atoms with Crippen molar-refractivity contribution in [1.29, 1.82) is 0 Å². The van der Waals surface area contributed by atoms with Gasteiger partial charge in [0.05, 0.1) is 17.0 Å². The van der Waals surface area contributed by atoms with Gasteiger partial charge in [-0.25, -0.2) is 13.1 Å². The quantitative estimate of drug-likeness (QED) is 0.623. The molecule has 2 aromatic rings. The van der Waals surface area contributed by atoms with E-state index in [9.17, 15) is 26.4 Å². The SMILES string of the molecule is CN(C(=O)CNS(=O)(=O)c1cccc(C(F)(F)F)c1)C1CCN(CCc2ccncc2)CC1. The molecule has 1 amide bonds. The van der Waals surface area contributed by atoms with Crippen LogP contribution in [0, 0.1) is 0 Å². The van der Waals surface area contributed by atoms with Crippen molar-refractivity contribution in [2.24, 2.45) is 0 Å². The number of hydrogen-bond donors (Lipinski definition) is 1. The molecule has 11 heteroatoms. The standard InChI is InChI=1S/C22H27F3N4O3S/c1-28(19-8-13-29(14-9-19)12-7-17-5-10-26-11-6-17)21(30)16-27-33(31,32)20-4-2-3-18(15-20)22(23,24)25/h2-6,10-11,15,19,27H,7-9,12-14,16H2,1H3. The number of amides is 1. The lowest BCUT2D eigenvalue weighted by atomic mass is 10.0. The Bertz CT molecular complexity index is 1040. The van der Waals surface area contributed by atoms with Crippen LogP contribution in [0.2, 0.25) is 0 Å². The number of aromatic nitrogens is 1. The van der Waals surface area contributed by atoms with Crippen molar-refractivity contribution in [3.8, 4) is 0 Å². The summed E-state index contributed by atoms with van der Waals surface area (Å²) < 4.78 is 65.5. The summed E-state index contributed by atoms with van der Waals surface area (Å²) in [5.74, 6) is -0.430. The van der Waals surface area contributed by atoms with Crippen molar-refractivity contribution in [2.75, 3.05) is 33.2 Å². The van der Waals surface area contributed by atoms with Gasteiger partial charge in [0, 0.05) is 45.1 Å². The van der Waals surface area contributed by atoms with Gasteiger partial charge in [-0.3, -0.25) is 9.78 Å². The molecule has 2 heterocycles. The van der Waals surface area contributed by atoms with E-state index < -0.39 is 39.1 Å². The summed E-state index contributed by atoms with van der Waals surface area (Å²) in [6.07, 6.45) is 1.32. The third-order valence-corrected chi connectivity index (χ3v) is 7.25. The molecule has 1 aliphatic heterocycles. The summed E-state index contributed by atoms with van der Waals surface area (Å²) >= 11 is 0. The van der Waals surface area contributed by atoms with Crippen molar-refractivity contribution < 1.29 is 26.4 Å². The minimum atomic E-state index is -4.66. The monoisotopic (exact) mass is 484 g/mol. The van der Waals surface area contributed by atoms with Crippen LogP contribution in [0.25, 0.3) is 0 Å². The number of sulfonamides is 1. The van der Waals surface area contributed by atoms with Gasteiger partial charge in [-0.15, -0.1) is 0 Å². The first kappa shape index (κ1) is 25.1. The van der Waals surface area contributed by atoms with Gasteiger partial charge in [0.1, 0.15) is 0 Å². The van der Waals surface area contributed by atoms with E-state index in [1.807, 2.05) is 12.1 Å². The summed E-state index contributed by atoms with van der Waals surface area (Å²) in [7, 11) is -2.63. The molecular formula is C22H27F3N4O3S. The average molecular weight is 485 g/mol. The van der Waals surface area contributed by atoms with Gasteiger partial charge in [0.2, 0.25) is 15.9 Å². The fourth-order valence-electron chi connectivity index (χ4n) is 3.77. The van der Waals surface area contributed by atoms with Crippen LogP contribution in [0.15, 0.2) is 53.7 Å². The molecule has 0 spiro atoms. The van der Waals surface area contributed by atoms with E-state index in [1.54, 1.807) is 19.4 Å². The Morgan fingerprint density at radius 1 is 1.18 bits per heavy atom. The number of likely N-dealkylation sites (tertiary alicyclic amines) is 1. The van der Waals surface area contributed by atoms with Crippen molar-refractivity contribution in [1.82, 2.24) is 19.5 Å². The topological polar surface area (TPSA) is 82.6 Å². The Kier molecular flexibility index (Phi) is 8.09. The number of alkyl halides is 3. The van der Waals surface area contributed by atoms with Crippen molar-refractivity contribution in [3.05, 3.63) is 59.9 Å². The maximum Gasteiger partial charge on any atom is 0.416 e. The molecule has 3 rings (SSSR count). The number of benzene rings is 1. The number of likely N-dealkylation sites (N-methyl/N-ethyl adjacent to an activating group) is 1. The molecule has 1 N–H and O–H groups in total. The lowest BCUT2D eigenvalue weighted by Crippen LogP contribution is -2.48. The summed E-state index contributed by atoms with van der Waals surface area (Å²) in [6.45, 7) is 2.04. The number of carbonyl (C=O) groups excluding carboxylic acids is 1. The Labute approximate surface area is 191 Å². The molecule has 7 nitrogen and oxygen atoms in total. The van der Waals surface area contributed by atoms with E-state index >= 15 is 0 Å². The Hall–Kier alpha value is -2.50. The first-order chi connectivity index (χ1) is 15.6. The minimum Gasteiger partial charge on any atom is -0.342 e. The second-order valence-corrected chi connectivity index (χ2v) is 9.80. The fraction of sp³-hybridized carbons (Fsp3) is 0.455. The third kappa shape index (κ3) is 6.99. The van der Waals surface area contributed by atoms with Crippen LogP contribution in [0.4, 0.5) is 13.2 Å². The lowest BCUT2D eigenvalue weighted by molar-refractivity contribution is -0.137. The molecule has 1 aromatic carbocycles. The highest BCUT2D eigenvalue weighted by Gasteiger charge is 2.32. The first-order valence-electron chi connectivity index (χ1n) is 10.6. The maximum absolute atomic E-state index is 12.9. The lowest BCUT2D eigenvalue weighted by Gasteiger charge is -2.36. The molecule has 1 saturated heterocycles. The molecule has 0 aliphatic carbocycles. The van der Waals surface area contributed by atoms with Gasteiger partial charge in [0.15, 0.2) is 0 Å². The Morgan fingerprint density at radius 3 is 2.48 bits per heavy atom. The molecule has 0 saturated carbocycles. The summed E-state index contributed by atoms with van der Waals surface area (Å²) in [6, 6.07) is 7.38. The number of nitrogens with one attached hydrogen (secondary N) is 1. The predicted octanol–water partition coefficient (Wildman–Crippen LogP) is 2.54. The zero-order valence-corrected chi connectivity index (χ0v) is 19.1. The van der Waals surface area contributed by atoms with E-state index in [2.05, 4.69) is 14.6 Å². The van der Waals surface area contributed by atoms with Crippen molar-refractivity contribution >= 4 is 15.9 Å². The molecule has 33 heavy (non-hydrogen) atoms. The first-order valence-corrected chi connectivity index (χ1v) is 12.1. The second kappa shape index (κ2) is 10.6. The van der Waals surface area contributed by atoms with Gasteiger partial charge in [-0.05, 0) is 55.2 Å². The van der Waals surface area contributed by atoms with Crippen LogP contribution in [-0.4, -0.2) is 68.4 Å². The average Bonchev–Trinajstić information content (AvgIpc) is 2.81. The summed E-state index contributed by atoms with van der Waals surface area (Å²) in [4.78, 5) is 19.9. The van der Waals surface area contributed by atoms with Gasteiger partial charge < -0.3 is 9.80 Å². The molecule has 180 valence electrons. The van der Waals surface area contributed by atoms with Gasteiger partial charge >= 0.3 is 6.18 Å². The number of pyridine rings is 1. The van der Waals surface area contributed by atoms with E-state index in [0.29, 0.717) is 6.07 Å². The molecule has 0 radical (unpaired) electrons. The highest BCUT2D eigenvalue weighted by Crippen LogP contribution is 2.30. The van der Waals surface area contributed by atoms with Crippen LogP contribution >= 0.6 is 0 Å². The molecule has 1 fully saturated rings. The molecule has 1 aromatic heterocycles. The summed E-state index contributed by atoms with van der Waals surface area (Å²) in [5.41, 5.74) is 0.150. The molecule has 0 atom stereocenters. The van der Waals surface area contributed by atoms with Crippen LogP contribution < -0.4 is 4.72 Å². The van der Waals surface area contributed by atoms with Crippen LogP contribution in [0.5, 0.6) is 0 Å². The number of nitrogens with zero attached hydrogens (tertiary/aromatic N) is 3. The highest BCUT2D eigenvalue weighted by molar-refractivity contribution is 7.89. The predicted molar refractivity (Wildman–Crippen MR) is 117 cm³/mol.